The third kappa shape index (κ3) is 2.25. The first kappa shape index (κ1) is 12.3. The zero-order chi connectivity index (χ0) is 13.3. The minimum absolute atomic E-state index is 0.359. The molecule has 0 bridgehead atoms. The molecule has 0 aromatic heterocycles. The Bertz CT molecular complexity index is 508. The van der Waals surface area contributed by atoms with Crippen LogP contribution in [0.25, 0.3) is 0 Å². The fourth-order valence-corrected chi connectivity index (χ4v) is 2.73. The van der Waals surface area contributed by atoms with E-state index < -0.39 is 0 Å². The van der Waals surface area contributed by atoms with Gasteiger partial charge in [-0.15, -0.1) is 0 Å². The molecule has 1 aromatic rings. The fourth-order valence-electron chi connectivity index (χ4n) is 2.73. The van der Waals surface area contributed by atoms with Gasteiger partial charge in [0.15, 0.2) is 5.79 Å². The number of ether oxygens (including phenoxy) is 2. The minimum atomic E-state index is -0.359. The standard InChI is InChI=1S/C14H17N3O2/c15-10-11-9-12(1-2-13(11)16)17-5-3-14(4-6-17)18-7-8-19-14/h1-2,9H,3-8,16H2. The third-order valence-corrected chi connectivity index (χ3v) is 3.86. The summed E-state index contributed by atoms with van der Waals surface area (Å²) in [6, 6.07) is 7.73. The number of nitrogens with zero attached hydrogens (tertiary/aromatic N) is 2. The molecule has 0 amide bonds. The van der Waals surface area contributed by atoms with Crippen LogP contribution in [-0.2, 0) is 9.47 Å². The number of rotatable bonds is 1. The van der Waals surface area contributed by atoms with Gasteiger partial charge in [-0.2, -0.15) is 5.26 Å². The number of hydrogen-bond donors (Lipinski definition) is 1. The summed E-state index contributed by atoms with van der Waals surface area (Å²) in [4.78, 5) is 2.25. The molecule has 2 heterocycles. The molecule has 0 radical (unpaired) electrons. The van der Waals surface area contributed by atoms with E-state index in [0.717, 1.165) is 31.6 Å². The van der Waals surface area contributed by atoms with E-state index in [2.05, 4.69) is 11.0 Å². The van der Waals surface area contributed by atoms with Crippen molar-refractivity contribution in [3.63, 3.8) is 0 Å². The largest absolute Gasteiger partial charge is 0.398 e. The van der Waals surface area contributed by atoms with Crippen molar-refractivity contribution in [3.8, 4) is 6.07 Å². The molecule has 5 heteroatoms. The van der Waals surface area contributed by atoms with E-state index >= 15 is 0 Å². The highest BCUT2D eigenvalue weighted by atomic mass is 16.7. The molecule has 0 unspecified atom stereocenters. The number of nitrogen functional groups attached to an aromatic ring is 1. The molecule has 19 heavy (non-hydrogen) atoms. The van der Waals surface area contributed by atoms with Crippen LogP contribution in [0, 0.1) is 11.3 Å². The van der Waals surface area contributed by atoms with E-state index in [1.54, 1.807) is 6.07 Å². The summed E-state index contributed by atoms with van der Waals surface area (Å²) in [5.74, 6) is -0.359. The van der Waals surface area contributed by atoms with Crippen LogP contribution in [0.3, 0.4) is 0 Å². The Morgan fingerprint density at radius 3 is 2.53 bits per heavy atom. The second kappa shape index (κ2) is 4.72. The molecule has 2 saturated heterocycles. The highest BCUT2D eigenvalue weighted by Gasteiger charge is 2.39. The van der Waals surface area contributed by atoms with Crippen molar-refractivity contribution in [2.45, 2.75) is 18.6 Å². The van der Waals surface area contributed by atoms with Crippen molar-refractivity contribution in [1.29, 1.82) is 5.26 Å². The van der Waals surface area contributed by atoms with Crippen LogP contribution in [0.1, 0.15) is 18.4 Å². The molecule has 3 rings (SSSR count). The van der Waals surface area contributed by atoms with Gasteiger partial charge in [0, 0.05) is 37.3 Å². The molecule has 0 aliphatic carbocycles. The lowest BCUT2D eigenvalue weighted by Gasteiger charge is -2.38. The first-order chi connectivity index (χ1) is 9.22. The van der Waals surface area contributed by atoms with E-state index in [9.17, 15) is 0 Å². The number of benzene rings is 1. The summed E-state index contributed by atoms with van der Waals surface area (Å²) in [7, 11) is 0. The monoisotopic (exact) mass is 259 g/mol. The maximum atomic E-state index is 9.02. The molecule has 2 aliphatic rings. The van der Waals surface area contributed by atoms with Crippen molar-refractivity contribution < 1.29 is 9.47 Å². The Morgan fingerprint density at radius 1 is 1.21 bits per heavy atom. The Labute approximate surface area is 112 Å². The maximum Gasteiger partial charge on any atom is 0.171 e. The number of nitriles is 1. The molecule has 100 valence electrons. The average molecular weight is 259 g/mol. The van der Waals surface area contributed by atoms with Gasteiger partial charge in [0.25, 0.3) is 0 Å². The molecule has 0 saturated carbocycles. The molecule has 1 spiro atoms. The van der Waals surface area contributed by atoms with Gasteiger partial charge in [-0.25, -0.2) is 0 Å². The predicted molar refractivity (Wildman–Crippen MR) is 71.7 cm³/mol. The van der Waals surface area contributed by atoms with Crippen LogP contribution in [0.5, 0.6) is 0 Å². The number of piperidine rings is 1. The van der Waals surface area contributed by atoms with Gasteiger partial charge in [-0.05, 0) is 18.2 Å². The van der Waals surface area contributed by atoms with Gasteiger partial charge in [0.2, 0.25) is 0 Å². The van der Waals surface area contributed by atoms with Gasteiger partial charge in [0.05, 0.1) is 18.8 Å². The molecule has 2 N–H and O–H groups in total. The summed E-state index contributed by atoms with van der Waals surface area (Å²) < 4.78 is 11.4. The third-order valence-electron chi connectivity index (χ3n) is 3.86. The lowest BCUT2D eigenvalue weighted by atomic mass is 10.0. The summed E-state index contributed by atoms with van der Waals surface area (Å²) in [6.07, 6.45) is 1.72. The normalized spacial score (nSPS) is 21.5. The van der Waals surface area contributed by atoms with Crippen LogP contribution in [0.2, 0.25) is 0 Å². The van der Waals surface area contributed by atoms with Crippen LogP contribution < -0.4 is 10.6 Å². The van der Waals surface area contributed by atoms with Crippen molar-refractivity contribution in [2.75, 3.05) is 36.9 Å². The van der Waals surface area contributed by atoms with Gasteiger partial charge in [0.1, 0.15) is 6.07 Å². The van der Waals surface area contributed by atoms with E-state index in [1.165, 1.54) is 0 Å². The molecular formula is C14H17N3O2. The quantitative estimate of drug-likeness (QED) is 0.773. The van der Waals surface area contributed by atoms with Crippen LogP contribution in [0.4, 0.5) is 11.4 Å². The summed E-state index contributed by atoms with van der Waals surface area (Å²) in [6.45, 7) is 3.13. The SMILES string of the molecule is N#Cc1cc(N2CCC3(CC2)OCCO3)ccc1N. The van der Waals surface area contributed by atoms with E-state index in [0.29, 0.717) is 24.5 Å². The Morgan fingerprint density at radius 2 is 1.89 bits per heavy atom. The second-order valence-corrected chi connectivity index (χ2v) is 4.98. The van der Waals surface area contributed by atoms with Crippen molar-refractivity contribution in [1.82, 2.24) is 0 Å². The zero-order valence-electron chi connectivity index (χ0n) is 10.8. The zero-order valence-corrected chi connectivity index (χ0v) is 10.8. The van der Waals surface area contributed by atoms with Gasteiger partial charge >= 0.3 is 0 Å². The summed E-state index contributed by atoms with van der Waals surface area (Å²) in [5, 5.41) is 9.02. The Hall–Kier alpha value is -1.77. The van der Waals surface area contributed by atoms with Crippen LogP contribution in [0.15, 0.2) is 18.2 Å². The predicted octanol–water partition coefficient (Wildman–Crippen LogP) is 1.48. The highest BCUT2D eigenvalue weighted by molar-refractivity contribution is 5.62. The molecule has 1 aromatic carbocycles. The van der Waals surface area contributed by atoms with E-state index in [-0.39, 0.29) is 5.79 Å². The highest BCUT2D eigenvalue weighted by Crippen LogP contribution is 2.33. The molecular weight excluding hydrogens is 242 g/mol. The maximum absolute atomic E-state index is 9.02. The van der Waals surface area contributed by atoms with Gasteiger partial charge in [-0.3, -0.25) is 0 Å². The van der Waals surface area contributed by atoms with Gasteiger partial charge < -0.3 is 20.1 Å². The topological polar surface area (TPSA) is 71.5 Å². The lowest BCUT2D eigenvalue weighted by molar-refractivity contribution is -0.169. The average Bonchev–Trinajstić information content (AvgIpc) is 2.89. The summed E-state index contributed by atoms with van der Waals surface area (Å²) >= 11 is 0. The van der Waals surface area contributed by atoms with Crippen LogP contribution in [-0.4, -0.2) is 32.1 Å². The number of anilines is 2. The molecule has 5 nitrogen and oxygen atoms in total. The first-order valence-electron chi connectivity index (χ1n) is 6.55. The first-order valence-corrected chi connectivity index (χ1v) is 6.55. The van der Waals surface area contributed by atoms with Crippen molar-refractivity contribution >= 4 is 11.4 Å². The number of nitrogens with two attached hydrogens (primary N) is 1. The lowest BCUT2D eigenvalue weighted by Crippen LogP contribution is -2.45. The molecule has 2 fully saturated rings. The smallest absolute Gasteiger partial charge is 0.171 e. The molecule has 2 aliphatic heterocycles. The van der Waals surface area contributed by atoms with Gasteiger partial charge in [-0.1, -0.05) is 0 Å². The second-order valence-electron chi connectivity index (χ2n) is 4.98. The van der Waals surface area contributed by atoms with E-state index in [1.807, 2.05) is 12.1 Å². The minimum Gasteiger partial charge on any atom is -0.398 e. The van der Waals surface area contributed by atoms with Crippen molar-refractivity contribution in [2.24, 2.45) is 0 Å². The number of hydrogen-bond acceptors (Lipinski definition) is 5. The van der Waals surface area contributed by atoms with E-state index in [4.69, 9.17) is 20.5 Å². The Kier molecular flexibility index (Phi) is 3.05. The molecule has 0 atom stereocenters. The Balaban J connectivity index is 1.73. The summed E-state index contributed by atoms with van der Waals surface area (Å²) in [5.41, 5.74) is 7.85. The fraction of sp³-hybridized carbons (Fsp3) is 0.500. The van der Waals surface area contributed by atoms with Crippen LogP contribution >= 0.6 is 0 Å². The van der Waals surface area contributed by atoms with Crippen molar-refractivity contribution in [3.05, 3.63) is 23.8 Å².